The van der Waals surface area contributed by atoms with Crippen molar-refractivity contribution >= 4 is 10.0 Å². The molecule has 0 bridgehead atoms. The molecule has 2 rings (SSSR count). The van der Waals surface area contributed by atoms with E-state index >= 15 is 0 Å². The van der Waals surface area contributed by atoms with Gasteiger partial charge in [0.25, 0.3) is 0 Å². The van der Waals surface area contributed by atoms with E-state index in [1.807, 2.05) is 6.92 Å². The minimum absolute atomic E-state index is 0.126. The summed E-state index contributed by atoms with van der Waals surface area (Å²) in [4.78, 5) is 0.164. The summed E-state index contributed by atoms with van der Waals surface area (Å²) in [6.45, 7) is 4.66. The number of sulfonamides is 1. The van der Waals surface area contributed by atoms with E-state index in [-0.39, 0.29) is 11.4 Å². The number of hydrogen-bond acceptors (Lipinski definition) is 5. The minimum Gasteiger partial charge on any atom is -0.468 e. The molecule has 0 amide bonds. The fourth-order valence-electron chi connectivity index (χ4n) is 1.81. The molecule has 116 valence electrons. The van der Waals surface area contributed by atoms with Crippen LogP contribution in [0.2, 0.25) is 0 Å². The highest BCUT2D eigenvalue weighted by Crippen LogP contribution is 2.09. The topological polar surface area (TPSA) is 89.2 Å². The molecule has 0 spiro atoms. The number of aryl methyl sites for hydroxylation is 1. The van der Waals surface area contributed by atoms with E-state index in [9.17, 15) is 8.42 Å². The van der Waals surface area contributed by atoms with Crippen molar-refractivity contribution in [3.63, 3.8) is 0 Å². The summed E-state index contributed by atoms with van der Waals surface area (Å²) in [6.07, 6.45) is 5.30. The van der Waals surface area contributed by atoms with Crippen LogP contribution in [0.15, 0.2) is 40.1 Å². The number of furan rings is 1. The van der Waals surface area contributed by atoms with Crippen LogP contribution in [0, 0.1) is 0 Å². The molecule has 0 unspecified atom stereocenters. The van der Waals surface area contributed by atoms with Gasteiger partial charge in [0.15, 0.2) is 0 Å². The van der Waals surface area contributed by atoms with Crippen LogP contribution in [0.5, 0.6) is 0 Å². The Bertz CT molecular complexity index is 634. The summed E-state index contributed by atoms with van der Waals surface area (Å²) in [5, 5.41) is 7.28. The van der Waals surface area contributed by atoms with Crippen molar-refractivity contribution in [3.8, 4) is 0 Å². The second-order valence-corrected chi connectivity index (χ2v) is 6.32. The van der Waals surface area contributed by atoms with Gasteiger partial charge in [-0.3, -0.25) is 4.68 Å². The smallest absolute Gasteiger partial charge is 0.244 e. The van der Waals surface area contributed by atoms with Gasteiger partial charge in [0.05, 0.1) is 19.0 Å². The number of rotatable bonds is 9. The summed E-state index contributed by atoms with van der Waals surface area (Å²) in [6, 6.07) is 3.43. The Morgan fingerprint density at radius 1 is 1.43 bits per heavy atom. The van der Waals surface area contributed by atoms with Crippen molar-refractivity contribution in [1.29, 1.82) is 0 Å². The summed E-state index contributed by atoms with van der Waals surface area (Å²) >= 11 is 0. The third kappa shape index (κ3) is 4.69. The summed E-state index contributed by atoms with van der Waals surface area (Å²) in [7, 11) is -3.56. The van der Waals surface area contributed by atoms with Gasteiger partial charge in [0.2, 0.25) is 10.0 Å². The second kappa shape index (κ2) is 7.39. The van der Waals surface area contributed by atoms with Gasteiger partial charge in [-0.1, -0.05) is 6.92 Å². The lowest BCUT2D eigenvalue weighted by atomic mass is 10.4. The molecule has 0 aliphatic heterocycles. The SMILES string of the molecule is CCNCCCn1cc(S(=O)(=O)NCc2ccco2)cn1. The van der Waals surface area contributed by atoms with Crippen molar-refractivity contribution in [1.82, 2.24) is 19.8 Å². The van der Waals surface area contributed by atoms with E-state index in [4.69, 9.17) is 4.42 Å². The quantitative estimate of drug-likeness (QED) is 0.673. The number of aromatic nitrogens is 2. The van der Waals surface area contributed by atoms with Crippen molar-refractivity contribution in [2.24, 2.45) is 0 Å². The van der Waals surface area contributed by atoms with E-state index < -0.39 is 10.0 Å². The van der Waals surface area contributed by atoms with Crippen molar-refractivity contribution < 1.29 is 12.8 Å². The Balaban J connectivity index is 1.89. The molecule has 0 radical (unpaired) electrons. The van der Waals surface area contributed by atoms with Gasteiger partial charge in [-0.25, -0.2) is 13.1 Å². The standard InChI is InChI=1S/C13H20N4O3S/c1-2-14-6-4-7-17-11-13(10-15-17)21(18,19)16-9-12-5-3-8-20-12/h3,5,8,10-11,14,16H,2,4,6-7,9H2,1H3. The van der Waals surface area contributed by atoms with Crippen LogP contribution in [0.3, 0.4) is 0 Å². The minimum atomic E-state index is -3.56. The Kier molecular flexibility index (Phi) is 5.54. The third-order valence-electron chi connectivity index (χ3n) is 2.93. The number of nitrogens with zero attached hydrogens (tertiary/aromatic N) is 2. The molecular formula is C13H20N4O3S. The molecule has 0 atom stereocenters. The van der Waals surface area contributed by atoms with E-state index in [0.717, 1.165) is 19.5 Å². The van der Waals surface area contributed by atoms with Gasteiger partial charge < -0.3 is 9.73 Å². The maximum atomic E-state index is 12.1. The van der Waals surface area contributed by atoms with Gasteiger partial charge in [-0.15, -0.1) is 0 Å². The van der Waals surface area contributed by atoms with Crippen molar-refractivity contribution in [2.45, 2.75) is 31.3 Å². The Hall–Kier alpha value is -1.64. The summed E-state index contributed by atoms with van der Waals surface area (Å²) in [5.41, 5.74) is 0. The monoisotopic (exact) mass is 312 g/mol. The Morgan fingerprint density at radius 3 is 3.00 bits per heavy atom. The molecule has 0 fully saturated rings. The zero-order chi connectivity index (χ0) is 15.1. The predicted octanol–water partition coefficient (Wildman–Crippen LogP) is 0.954. The van der Waals surface area contributed by atoms with Crippen molar-refractivity contribution in [2.75, 3.05) is 13.1 Å². The van der Waals surface area contributed by atoms with Crippen LogP contribution in [0.25, 0.3) is 0 Å². The van der Waals surface area contributed by atoms with Gasteiger partial charge >= 0.3 is 0 Å². The zero-order valence-electron chi connectivity index (χ0n) is 11.9. The van der Waals surface area contributed by atoms with Gasteiger partial charge in [0.1, 0.15) is 10.7 Å². The molecule has 0 aliphatic rings. The van der Waals surface area contributed by atoms with Crippen LogP contribution in [0.4, 0.5) is 0 Å². The molecule has 0 aliphatic carbocycles. The van der Waals surface area contributed by atoms with E-state index in [2.05, 4.69) is 15.1 Å². The number of nitrogens with one attached hydrogen (secondary N) is 2. The highest BCUT2D eigenvalue weighted by atomic mass is 32.2. The van der Waals surface area contributed by atoms with Gasteiger partial charge in [-0.05, 0) is 31.6 Å². The maximum absolute atomic E-state index is 12.1. The molecule has 8 heteroatoms. The molecule has 2 heterocycles. The summed E-state index contributed by atoms with van der Waals surface area (Å²) < 4.78 is 33.4. The van der Waals surface area contributed by atoms with E-state index in [1.165, 1.54) is 18.7 Å². The van der Waals surface area contributed by atoms with Crippen LogP contribution in [-0.2, 0) is 23.1 Å². The molecule has 7 nitrogen and oxygen atoms in total. The highest BCUT2D eigenvalue weighted by molar-refractivity contribution is 7.89. The first-order chi connectivity index (χ1) is 10.1. The molecular weight excluding hydrogens is 292 g/mol. The van der Waals surface area contributed by atoms with Crippen LogP contribution in [0.1, 0.15) is 19.1 Å². The molecule has 2 aromatic heterocycles. The second-order valence-electron chi connectivity index (χ2n) is 4.55. The van der Waals surface area contributed by atoms with Crippen LogP contribution in [-0.4, -0.2) is 31.3 Å². The lowest BCUT2D eigenvalue weighted by molar-refractivity contribution is 0.498. The zero-order valence-corrected chi connectivity index (χ0v) is 12.8. The van der Waals surface area contributed by atoms with Crippen LogP contribution >= 0.6 is 0 Å². The lowest BCUT2D eigenvalue weighted by Crippen LogP contribution is -2.22. The first kappa shape index (κ1) is 15.7. The van der Waals surface area contributed by atoms with Crippen LogP contribution < -0.4 is 10.0 Å². The van der Waals surface area contributed by atoms with Gasteiger partial charge in [-0.2, -0.15) is 5.10 Å². The first-order valence-electron chi connectivity index (χ1n) is 6.87. The van der Waals surface area contributed by atoms with Gasteiger partial charge in [0, 0.05) is 12.7 Å². The average Bonchev–Trinajstić information content (AvgIpc) is 3.13. The molecule has 2 aromatic rings. The number of hydrogen-bond donors (Lipinski definition) is 2. The normalized spacial score (nSPS) is 11.9. The fourth-order valence-corrected chi connectivity index (χ4v) is 2.76. The maximum Gasteiger partial charge on any atom is 0.244 e. The van der Waals surface area contributed by atoms with Crippen molar-refractivity contribution in [3.05, 3.63) is 36.5 Å². The van der Waals surface area contributed by atoms with E-state index in [0.29, 0.717) is 12.3 Å². The Morgan fingerprint density at radius 2 is 2.29 bits per heavy atom. The Labute approximate surface area is 124 Å². The third-order valence-corrected chi connectivity index (χ3v) is 4.28. The van der Waals surface area contributed by atoms with E-state index in [1.54, 1.807) is 16.8 Å². The fraction of sp³-hybridized carbons (Fsp3) is 0.462. The lowest BCUT2D eigenvalue weighted by Gasteiger charge is -2.03. The highest BCUT2D eigenvalue weighted by Gasteiger charge is 2.16. The largest absolute Gasteiger partial charge is 0.468 e. The molecule has 0 saturated carbocycles. The average molecular weight is 312 g/mol. The molecule has 0 saturated heterocycles. The first-order valence-corrected chi connectivity index (χ1v) is 8.35. The summed E-state index contributed by atoms with van der Waals surface area (Å²) in [5.74, 6) is 0.566. The molecule has 0 aromatic carbocycles. The molecule has 21 heavy (non-hydrogen) atoms. The molecule has 2 N–H and O–H groups in total. The predicted molar refractivity (Wildman–Crippen MR) is 78.1 cm³/mol.